The predicted octanol–water partition coefficient (Wildman–Crippen LogP) is 24.1. The van der Waals surface area contributed by atoms with Crippen molar-refractivity contribution < 1.29 is 24.2 Å². The van der Waals surface area contributed by atoms with E-state index in [4.69, 9.17) is 9.47 Å². The van der Waals surface area contributed by atoms with Gasteiger partial charge in [0.25, 0.3) is 0 Å². The van der Waals surface area contributed by atoms with Crippen molar-refractivity contribution in [3.63, 3.8) is 0 Å². The fourth-order valence-electron chi connectivity index (χ4n) is 9.50. The standard InChI is InChI=1S/C77H128O5/c1-3-5-7-9-11-13-15-17-19-21-23-25-27-29-31-33-34-35-36-37-38-39-40-41-42-44-46-48-50-52-54-56-58-60-62-64-66-68-70-72-77(80)82-75(73-78)74-81-76(79)71-69-67-65-63-61-59-57-55-53-51-49-47-45-43-32-30-28-26-24-22-20-18-16-14-12-10-8-6-4-2/h5,7,11,13,16-19,22-25,28-31,34-35,37-38,40-41,44,46,75,78H,3-4,6,8-10,12,14-15,20-21,26-27,32-33,36,39,42-43,45,47-74H2,1-2H3/b7-5-,13-11-,18-16-,19-17-,24-22-,25-23-,30-28-,31-29-,35-34-,38-37-,41-40-,46-44-. The van der Waals surface area contributed by atoms with Crippen LogP contribution in [0.3, 0.4) is 0 Å². The van der Waals surface area contributed by atoms with E-state index in [0.29, 0.717) is 12.8 Å². The lowest BCUT2D eigenvalue weighted by molar-refractivity contribution is -0.161. The van der Waals surface area contributed by atoms with Gasteiger partial charge < -0.3 is 14.6 Å². The number of rotatable bonds is 62. The van der Waals surface area contributed by atoms with E-state index in [1.54, 1.807) is 0 Å². The third kappa shape index (κ3) is 68.3. The van der Waals surface area contributed by atoms with Gasteiger partial charge in [-0.1, -0.05) is 320 Å². The first kappa shape index (κ1) is 77.8. The van der Waals surface area contributed by atoms with E-state index in [0.717, 1.165) is 109 Å². The first-order valence-corrected chi connectivity index (χ1v) is 34.4. The molecule has 5 heteroatoms. The number of hydrogen-bond donors (Lipinski definition) is 1. The molecule has 0 aliphatic rings. The third-order valence-corrected chi connectivity index (χ3v) is 14.6. The Hall–Kier alpha value is -4.22. The van der Waals surface area contributed by atoms with Gasteiger partial charge in [0, 0.05) is 12.8 Å². The molecule has 0 bridgehead atoms. The molecule has 0 saturated carbocycles. The minimum absolute atomic E-state index is 0.0728. The highest BCUT2D eigenvalue weighted by molar-refractivity contribution is 5.70. The van der Waals surface area contributed by atoms with Gasteiger partial charge in [0.05, 0.1) is 6.61 Å². The molecule has 0 radical (unpaired) electrons. The summed E-state index contributed by atoms with van der Waals surface area (Å²) in [4.78, 5) is 24.6. The maximum atomic E-state index is 12.4. The second-order valence-electron chi connectivity index (χ2n) is 22.5. The highest BCUT2D eigenvalue weighted by Gasteiger charge is 2.16. The Balaban J connectivity index is 3.53. The number of carbonyl (C=O) groups excluding carboxylic acids is 2. The number of unbranched alkanes of at least 4 members (excludes halogenated alkanes) is 30. The molecular formula is C77H128O5. The van der Waals surface area contributed by atoms with Crippen LogP contribution in [0.25, 0.3) is 0 Å². The minimum atomic E-state index is -0.784. The zero-order chi connectivity index (χ0) is 59.1. The van der Waals surface area contributed by atoms with Gasteiger partial charge in [-0.2, -0.15) is 0 Å². The van der Waals surface area contributed by atoms with Crippen molar-refractivity contribution in [3.05, 3.63) is 146 Å². The highest BCUT2D eigenvalue weighted by Crippen LogP contribution is 2.16. The number of hydrogen-bond acceptors (Lipinski definition) is 5. The highest BCUT2D eigenvalue weighted by atomic mass is 16.6. The molecule has 82 heavy (non-hydrogen) atoms. The summed E-state index contributed by atoms with van der Waals surface area (Å²) in [6.45, 7) is 4.03. The fourth-order valence-corrected chi connectivity index (χ4v) is 9.50. The van der Waals surface area contributed by atoms with Crippen molar-refractivity contribution >= 4 is 11.9 Å². The molecule has 0 aliphatic carbocycles. The number of carbonyl (C=O) groups is 2. The van der Waals surface area contributed by atoms with E-state index >= 15 is 0 Å². The maximum absolute atomic E-state index is 12.4. The van der Waals surface area contributed by atoms with E-state index in [-0.39, 0.29) is 25.2 Å². The van der Waals surface area contributed by atoms with E-state index in [9.17, 15) is 14.7 Å². The monoisotopic (exact) mass is 1130 g/mol. The van der Waals surface area contributed by atoms with Crippen LogP contribution in [0.2, 0.25) is 0 Å². The van der Waals surface area contributed by atoms with Gasteiger partial charge in [0.15, 0.2) is 6.10 Å². The molecule has 0 aromatic carbocycles. The molecule has 0 aromatic rings. The van der Waals surface area contributed by atoms with Gasteiger partial charge >= 0.3 is 11.9 Å². The summed E-state index contributed by atoms with van der Waals surface area (Å²) in [5.41, 5.74) is 0. The van der Waals surface area contributed by atoms with Crippen molar-refractivity contribution in [2.24, 2.45) is 0 Å². The number of allylic oxidation sites excluding steroid dienone is 24. The largest absolute Gasteiger partial charge is 0.462 e. The molecule has 0 saturated heterocycles. The molecule has 0 rings (SSSR count). The van der Waals surface area contributed by atoms with Crippen LogP contribution in [0, 0.1) is 0 Å². The average molecular weight is 1130 g/mol. The van der Waals surface area contributed by atoms with Gasteiger partial charge in [-0.15, -0.1) is 0 Å². The summed E-state index contributed by atoms with van der Waals surface area (Å²) >= 11 is 0. The van der Waals surface area contributed by atoms with E-state index in [2.05, 4.69) is 160 Å². The second kappa shape index (κ2) is 71.0. The molecule has 5 nitrogen and oxygen atoms in total. The number of aliphatic hydroxyl groups is 1. The predicted molar refractivity (Wildman–Crippen MR) is 361 cm³/mol. The van der Waals surface area contributed by atoms with Crippen LogP contribution in [-0.2, 0) is 19.1 Å². The Bertz CT molecular complexity index is 1710. The van der Waals surface area contributed by atoms with Crippen LogP contribution < -0.4 is 0 Å². The Morgan fingerprint density at radius 1 is 0.293 bits per heavy atom. The molecule has 0 aliphatic heterocycles. The maximum Gasteiger partial charge on any atom is 0.306 e. The molecule has 466 valence electrons. The van der Waals surface area contributed by atoms with Crippen molar-refractivity contribution in [1.82, 2.24) is 0 Å². The SMILES string of the molecule is CC/C=C\C/C=C\C/C=C\C/C=C\C/C=C\C/C=C\C/C=C\C/C=C\C/C=C\CCCCCCCCCCCCCC(=O)OC(CO)COC(=O)CCCCCCCCCCCCCCCC/C=C\C/C=C\C/C=C\CCCCCCC. The van der Waals surface area contributed by atoms with E-state index in [1.165, 1.54) is 173 Å². The van der Waals surface area contributed by atoms with Gasteiger partial charge in [-0.3, -0.25) is 9.59 Å². The quantitative estimate of drug-likeness (QED) is 0.0373. The summed E-state index contributed by atoms with van der Waals surface area (Å²) in [6.07, 6.45) is 107. The van der Waals surface area contributed by atoms with Gasteiger partial charge in [-0.25, -0.2) is 0 Å². The normalized spacial score (nSPS) is 13.2. The number of aliphatic hydroxyl groups excluding tert-OH is 1. The van der Waals surface area contributed by atoms with Crippen LogP contribution >= 0.6 is 0 Å². The molecule has 0 fully saturated rings. The Labute approximate surface area is 508 Å². The Morgan fingerprint density at radius 2 is 0.524 bits per heavy atom. The molecule has 1 N–H and O–H groups in total. The lowest BCUT2D eigenvalue weighted by Crippen LogP contribution is -2.28. The topological polar surface area (TPSA) is 72.8 Å². The molecule has 1 unspecified atom stereocenters. The van der Waals surface area contributed by atoms with Crippen LogP contribution in [0.1, 0.15) is 309 Å². The van der Waals surface area contributed by atoms with Crippen LogP contribution in [-0.4, -0.2) is 36.4 Å². The zero-order valence-corrected chi connectivity index (χ0v) is 53.5. The minimum Gasteiger partial charge on any atom is -0.462 e. The second-order valence-corrected chi connectivity index (χ2v) is 22.5. The van der Waals surface area contributed by atoms with Gasteiger partial charge in [-0.05, 0) is 122 Å². The van der Waals surface area contributed by atoms with E-state index < -0.39 is 6.10 Å². The smallest absolute Gasteiger partial charge is 0.306 e. The van der Waals surface area contributed by atoms with Crippen molar-refractivity contribution in [3.8, 4) is 0 Å². The van der Waals surface area contributed by atoms with Crippen molar-refractivity contribution in [1.29, 1.82) is 0 Å². The lowest BCUT2D eigenvalue weighted by Gasteiger charge is -2.15. The zero-order valence-electron chi connectivity index (χ0n) is 53.5. The van der Waals surface area contributed by atoms with Crippen LogP contribution in [0.4, 0.5) is 0 Å². The molecule has 1 atom stereocenters. The summed E-state index contributed by atoms with van der Waals surface area (Å²) < 4.78 is 10.8. The Morgan fingerprint density at radius 3 is 0.793 bits per heavy atom. The van der Waals surface area contributed by atoms with Crippen molar-refractivity contribution in [2.75, 3.05) is 13.2 Å². The first-order chi connectivity index (χ1) is 40.6. The summed E-state index contributed by atoms with van der Waals surface area (Å²) in [5, 5.41) is 9.70. The lowest BCUT2D eigenvalue weighted by atomic mass is 10.0. The fraction of sp³-hybridized carbons (Fsp3) is 0.662. The first-order valence-electron chi connectivity index (χ1n) is 34.4. The van der Waals surface area contributed by atoms with Gasteiger partial charge in [0.2, 0.25) is 0 Å². The molecule has 0 heterocycles. The van der Waals surface area contributed by atoms with E-state index in [1.807, 2.05) is 0 Å². The number of esters is 2. The number of ether oxygens (including phenoxy) is 2. The molecular weight excluding hydrogens is 1000 g/mol. The summed E-state index contributed by atoms with van der Waals surface area (Å²) in [6, 6.07) is 0. The van der Waals surface area contributed by atoms with Crippen LogP contribution in [0.5, 0.6) is 0 Å². The molecule has 0 spiro atoms. The molecule has 0 amide bonds. The molecule has 0 aromatic heterocycles. The Kier molecular flexibility index (Phi) is 67.4. The summed E-state index contributed by atoms with van der Waals surface area (Å²) in [5.74, 6) is -0.593. The van der Waals surface area contributed by atoms with Crippen LogP contribution in [0.15, 0.2) is 146 Å². The van der Waals surface area contributed by atoms with Gasteiger partial charge in [0.1, 0.15) is 6.61 Å². The summed E-state index contributed by atoms with van der Waals surface area (Å²) in [7, 11) is 0. The third-order valence-electron chi connectivity index (χ3n) is 14.6. The average Bonchev–Trinajstić information content (AvgIpc) is 3.49. The van der Waals surface area contributed by atoms with Crippen molar-refractivity contribution in [2.45, 2.75) is 315 Å².